The molecular weight excluding hydrogens is 248 g/mol. The Labute approximate surface area is 110 Å². The molecule has 0 radical (unpaired) electrons. The Hall–Kier alpha value is -2.15. The molecule has 2 heterocycles. The van der Waals surface area contributed by atoms with Gasteiger partial charge in [-0.1, -0.05) is 0 Å². The second-order valence-corrected chi connectivity index (χ2v) is 4.32. The van der Waals surface area contributed by atoms with Crippen LogP contribution in [-0.2, 0) is 6.54 Å². The number of hydrogen-bond donors (Lipinski definition) is 1. The molecule has 0 aliphatic heterocycles. The quantitative estimate of drug-likeness (QED) is 0.637. The lowest BCUT2D eigenvalue weighted by molar-refractivity contribution is -0.389. The van der Waals surface area contributed by atoms with Crippen molar-refractivity contribution in [3.63, 3.8) is 0 Å². The second-order valence-electron chi connectivity index (χ2n) is 4.32. The molecule has 2 aromatic heterocycles. The Balaban J connectivity index is 1.81. The summed E-state index contributed by atoms with van der Waals surface area (Å²) in [6.45, 7) is 5.13. The molecule has 0 spiro atoms. The second kappa shape index (κ2) is 5.66. The normalized spacial score (nSPS) is 12.5. The van der Waals surface area contributed by atoms with Crippen molar-refractivity contribution in [2.45, 2.75) is 26.4 Å². The van der Waals surface area contributed by atoms with Crippen LogP contribution in [0.15, 0.2) is 28.8 Å². The standard InChI is InChI=1S/C12H16N4O3/c1-9-3-4-11(19-9)10(2)13-6-8-15-7-5-12(14-15)16(17)18/h3-5,7,10,13H,6,8H2,1-2H3/t10-/m1/s1. The number of furan rings is 1. The van der Waals surface area contributed by atoms with Crippen LogP contribution in [0.1, 0.15) is 24.5 Å². The van der Waals surface area contributed by atoms with E-state index in [1.165, 1.54) is 6.07 Å². The lowest BCUT2D eigenvalue weighted by Gasteiger charge is -2.10. The van der Waals surface area contributed by atoms with Gasteiger partial charge in [-0.25, -0.2) is 0 Å². The molecule has 1 atom stereocenters. The van der Waals surface area contributed by atoms with E-state index in [1.807, 2.05) is 26.0 Å². The first-order valence-corrected chi connectivity index (χ1v) is 6.04. The first kappa shape index (κ1) is 13.3. The average Bonchev–Trinajstić information content (AvgIpc) is 2.98. The summed E-state index contributed by atoms with van der Waals surface area (Å²) in [7, 11) is 0. The van der Waals surface area contributed by atoms with Gasteiger partial charge in [0, 0.05) is 6.54 Å². The number of aromatic nitrogens is 2. The summed E-state index contributed by atoms with van der Waals surface area (Å²) < 4.78 is 7.06. The Kier molecular flexibility index (Phi) is 3.96. The molecule has 7 nitrogen and oxygen atoms in total. The molecule has 0 amide bonds. The predicted octanol–water partition coefficient (Wildman–Crippen LogP) is 2.04. The molecule has 0 aliphatic carbocycles. The van der Waals surface area contributed by atoms with E-state index in [-0.39, 0.29) is 11.9 Å². The number of nitrogens with one attached hydrogen (secondary N) is 1. The highest BCUT2D eigenvalue weighted by Crippen LogP contribution is 2.15. The van der Waals surface area contributed by atoms with Gasteiger partial charge >= 0.3 is 5.82 Å². The van der Waals surface area contributed by atoms with E-state index in [2.05, 4.69) is 10.4 Å². The van der Waals surface area contributed by atoms with Crippen LogP contribution in [0.3, 0.4) is 0 Å². The topological polar surface area (TPSA) is 86.1 Å². The van der Waals surface area contributed by atoms with Crippen LogP contribution < -0.4 is 5.32 Å². The third kappa shape index (κ3) is 3.41. The summed E-state index contributed by atoms with van der Waals surface area (Å²) in [6, 6.07) is 5.34. The SMILES string of the molecule is Cc1ccc([C@@H](C)NCCn2ccc([N+](=O)[O-])n2)o1. The number of nitrogens with zero attached hydrogens (tertiary/aromatic N) is 3. The van der Waals surface area contributed by atoms with Crippen molar-refractivity contribution >= 4 is 5.82 Å². The Morgan fingerprint density at radius 1 is 1.53 bits per heavy atom. The first-order chi connectivity index (χ1) is 9.06. The minimum absolute atomic E-state index is 0.0965. The van der Waals surface area contributed by atoms with Crippen LogP contribution in [0.25, 0.3) is 0 Å². The highest BCUT2D eigenvalue weighted by molar-refractivity contribution is 5.14. The van der Waals surface area contributed by atoms with Gasteiger partial charge in [0.1, 0.15) is 11.5 Å². The van der Waals surface area contributed by atoms with Gasteiger partial charge in [-0.15, -0.1) is 0 Å². The zero-order valence-corrected chi connectivity index (χ0v) is 10.9. The van der Waals surface area contributed by atoms with Crippen molar-refractivity contribution in [2.75, 3.05) is 6.54 Å². The third-order valence-electron chi connectivity index (χ3n) is 2.79. The van der Waals surface area contributed by atoms with Crippen LogP contribution >= 0.6 is 0 Å². The number of aryl methyl sites for hydroxylation is 1. The first-order valence-electron chi connectivity index (χ1n) is 6.04. The zero-order valence-electron chi connectivity index (χ0n) is 10.9. The zero-order chi connectivity index (χ0) is 13.8. The molecule has 0 saturated heterocycles. The largest absolute Gasteiger partial charge is 0.465 e. The van der Waals surface area contributed by atoms with E-state index in [1.54, 1.807) is 10.9 Å². The summed E-state index contributed by atoms with van der Waals surface area (Å²) >= 11 is 0. The van der Waals surface area contributed by atoms with Crippen molar-refractivity contribution < 1.29 is 9.34 Å². The van der Waals surface area contributed by atoms with E-state index >= 15 is 0 Å². The number of hydrogen-bond acceptors (Lipinski definition) is 5. The fourth-order valence-corrected chi connectivity index (χ4v) is 1.76. The van der Waals surface area contributed by atoms with Crippen LogP contribution in [0.5, 0.6) is 0 Å². The molecule has 0 unspecified atom stereocenters. The molecule has 0 aromatic carbocycles. The summed E-state index contributed by atoms with van der Waals surface area (Å²) in [5, 5.41) is 17.6. The maximum absolute atomic E-state index is 10.5. The van der Waals surface area contributed by atoms with E-state index in [0.717, 1.165) is 11.5 Å². The molecule has 1 N–H and O–H groups in total. The van der Waals surface area contributed by atoms with Crippen molar-refractivity contribution in [1.82, 2.24) is 15.1 Å². The van der Waals surface area contributed by atoms with Gasteiger partial charge in [-0.05, 0) is 30.9 Å². The van der Waals surface area contributed by atoms with Crippen LogP contribution in [-0.4, -0.2) is 21.2 Å². The van der Waals surface area contributed by atoms with Gasteiger partial charge in [0.2, 0.25) is 0 Å². The van der Waals surface area contributed by atoms with Gasteiger partial charge in [-0.3, -0.25) is 0 Å². The Morgan fingerprint density at radius 3 is 2.89 bits per heavy atom. The number of rotatable bonds is 6. The fraction of sp³-hybridized carbons (Fsp3) is 0.417. The predicted molar refractivity (Wildman–Crippen MR) is 68.7 cm³/mol. The molecule has 0 saturated carbocycles. The molecule has 0 fully saturated rings. The molecular formula is C12H16N4O3. The molecule has 0 aliphatic rings. The van der Waals surface area contributed by atoms with E-state index < -0.39 is 4.92 Å². The summed E-state index contributed by atoms with van der Waals surface area (Å²) in [4.78, 5) is 9.98. The average molecular weight is 264 g/mol. The van der Waals surface area contributed by atoms with Crippen LogP contribution in [0, 0.1) is 17.0 Å². The molecule has 19 heavy (non-hydrogen) atoms. The van der Waals surface area contributed by atoms with Gasteiger partial charge < -0.3 is 19.8 Å². The van der Waals surface area contributed by atoms with Gasteiger partial charge in [-0.2, -0.15) is 4.68 Å². The van der Waals surface area contributed by atoms with Gasteiger partial charge in [0.05, 0.1) is 29.9 Å². The maximum Gasteiger partial charge on any atom is 0.389 e. The van der Waals surface area contributed by atoms with Crippen LogP contribution in [0.4, 0.5) is 5.82 Å². The van der Waals surface area contributed by atoms with Gasteiger partial charge in [0.15, 0.2) is 0 Å². The van der Waals surface area contributed by atoms with Crippen molar-refractivity contribution in [2.24, 2.45) is 0 Å². The maximum atomic E-state index is 10.5. The molecule has 2 aromatic rings. The number of nitro groups is 1. The Bertz CT molecular complexity index is 561. The highest BCUT2D eigenvalue weighted by atomic mass is 16.6. The fourth-order valence-electron chi connectivity index (χ4n) is 1.76. The molecule has 0 bridgehead atoms. The van der Waals surface area contributed by atoms with Crippen LogP contribution in [0.2, 0.25) is 0 Å². The molecule has 102 valence electrons. The smallest absolute Gasteiger partial charge is 0.389 e. The van der Waals surface area contributed by atoms with Crippen molar-refractivity contribution in [1.29, 1.82) is 0 Å². The highest BCUT2D eigenvalue weighted by Gasteiger charge is 2.12. The van der Waals surface area contributed by atoms with E-state index in [4.69, 9.17) is 4.42 Å². The minimum atomic E-state index is -0.502. The third-order valence-corrected chi connectivity index (χ3v) is 2.79. The lowest BCUT2D eigenvalue weighted by Crippen LogP contribution is -2.23. The van der Waals surface area contributed by atoms with E-state index in [9.17, 15) is 10.1 Å². The summed E-state index contributed by atoms with van der Waals surface area (Å²) in [5.41, 5.74) is 0. The minimum Gasteiger partial charge on any atom is -0.465 e. The Morgan fingerprint density at radius 2 is 2.32 bits per heavy atom. The van der Waals surface area contributed by atoms with E-state index in [0.29, 0.717) is 13.1 Å². The molecule has 7 heteroatoms. The summed E-state index contributed by atoms with van der Waals surface area (Å²) in [5.74, 6) is 1.63. The monoisotopic (exact) mass is 264 g/mol. The summed E-state index contributed by atoms with van der Waals surface area (Å²) in [6.07, 6.45) is 1.60. The van der Waals surface area contributed by atoms with Crippen molar-refractivity contribution in [3.8, 4) is 0 Å². The van der Waals surface area contributed by atoms with Gasteiger partial charge in [0.25, 0.3) is 0 Å². The lowest BCUT2D eigenvalue weighted by atomic mass is 10.2. The molecule has 2 rings (SSSR count). The van der Waals surface area contributed by atoms with Crippen molar-refractivity contribution in [3.05, 3.63) is 46.0 Å².